The Hall–Kier alpha value is -1.50. The Morgan fingerprint density at radius 1 is 0.688 bits per heavy atom. The van der Waals surface area contributed by atoms with Gasteiger partial charge in [-0.15, -0.1) is 0 Å². The van der Waals surface area contributed by atoms with Crippen molar-refractivity contribution >= 4 is 80.2 Å². The Balaban J connectivity index is 1.44. The first kappa shape index (κ1) is 23.7. The molecule has 12 heteroatoms. The molecule has 0 bridgehead atoms. The summed E-state index contributed by atoms with van der Waals surface area (Å²) in [6.07, 6.45) is 9.36. The smallest absolute Gasteiger partial charge is 0.273 e. The van der Waals surface area contributed by atoms with Crippen LogP contribution in [0, 0.1) is 11.8 Å². The molecule has 2 saturated carbocycles. The fourth-order valence-electron chi connectivity index (χ4n) is 4.33. The summed E-state index contributed by atoms with van der Waals surface area (Å²) in [6.45, 7) is 0. The minimum atomic E-state index is -0.553. The van der Waals surface area contributed by atoms with Crippen molar-refractivity contribution in [2.75, 3.05) is 0 Å². The van der Waals surface area contributed by atoms with E-state index in [4.69, 9.17) is 24.4 Å². The molecule has 0 aromatic heterocycles. The molecule has 4 aliphatic rings. The van der Waals surface area contributed by atoms with Crippen LogP contribution in [0.3, 0.4) is 0 Å². The predicted molar refractivity (Wildman–Crippen MR) is 131 cm³/mol. The van der Waals surface area contributed by atoms with Gasteiger partial charge in [-0.1, -0.05) is 62.0 Å². The van der Waals surface area contributed by atoms with E-state index in [2.05, 4.69) is 10.9 Å². The SMILES string of the molecule is O=C(NN1C(=O)/C(=C2\SC(=S)N(NC(=O)C3CCCCC3)C2=O)SC1=S)C1CCCCC1. The maximum atomic E-state index is 13.0. The lowest BCUT2D eigenvalue weighted by molar-refractivity contribution is -0.136. The third kappa shape index (κ3) is 4.87. The summed E-state index contributed by atoms with van der Waals surface area (Å²) in [4.78, 5) is 51.3. The topological polar surface area (TPSA) is 98.8 Å². The largest absolute Gasteiger partial charge is 0.286 e. The molecule has 2 heterocycles. The molecule has 172 valence electrons. The number of carbonyl (C=O) groups excluding carboxylic acids is 4. The van der Waals surface area contributed by atoms with E-state index in [9.17, 15) is 19.2 Å². The number of thiocarbonyl (C=S) groups is 2. The molecule has 2 N–H and O–H groups in total. The van der Waals surface area contributed by atoms with E-state index in [1.54, 1.807) is 0 Å². The molecular weight excluding hydrogens is 489 g/mol. The van der Waals surface area contributed by atoms with Crippen LogP contribution < -0.4 is 10.9 Å². The van der Waals surface area contributed by atoms with Crippen LogP contribution in [0.15, 0.2) is 9.81 Å². The van der Waals surface area contributed by atoms with Gasteiger partial charge < -0.3 is 0 Å². The predicted octanol–water partition coefficient (Wildman–Crippen LogP) is 3.14. The van der Waals surface area contributed by atoms with Crippen molar-refractivity contribution < 1.29 is 19.2 Å². The molecule has 2 aliphatic carbocycles. The summed E-state index contributed by atoms with van der Waals surface area (Å²) >= 11 is 12.5. The van der Waals surface area contributed by atoms with E-state index < -0.39 is 11.8 Å². The zero-order valence-electron chi connectivity index (χ0n) is 17.4. The Morgan fingerprint density at radius 2 is 1.03 bits per heavy atom. The van der Waals surface area contributed by atoms with E-state index in [1.807, 2.05) is 0 Å². The minimum absolute atomic E-state index is 0.116. The molecule has 0 radical (unpaired) electrons. The number of nitrogens with one attached hydrogen (secondary N) is 2. The molecule has 0 aromatic rings. The molecule has 4 amide bonds. The van der Waals surface area contributed by atoms with Gasteiger partial charge in [0.25, 0.3) is 11.8 Å². The molecule has 4 fully saturated rings. The van der Waals surface area contributed by atoms with Crippen molar-refractivity contribution in [3.63, 3.8) is 0 Å². The van der Waals surface area contributed by atoms with Crippen molar-refractivity contribution in [2.24, 2.45) is 11.8 Å². The van der Waals surface area contributed by atoms with Crippen LogP contribution in [-0.4, -0.2) is 42.3 Å². The second kappa shape index (κ2) is 10.2. The lowest BCUT2D eigenvalue weighted by Gasteiger charge is -2.24. The quantitative estimate of drug-likeness (QED) is 0.438. The van der Waals surface area contributed by atoms with Gasteiger partial charge in [-0.05, 0) is 50.1 Å². The third-order valence-corrected chi connectivity index (χ3v) is 9.02. The van der Waals surface area contributed by atoms with Crippen LogP contribution >= 0.6 is 48.0 Å². The van der Waals surface area contributed by atoms with Gasteiger partial charge in [-0.2, -0.15) is 10.0 Å². The zero-order chi connectivity index (χ0) is 22.8. The summed E-state index contributed by atoms with van der Waals surface area (Å²) in [5.41, 5.74) is 5.25. The Bertz CT molecular complexity index is 837. The number of rotatable bonds is 4. The van der Waals surface area contributed by atoms with Gasteiger partial charge in [0.15, 0.2) is 8.64 Å². The fourth-order valence-corrected chi connectivity index (χ4v) is 6.85. The first-order valence-corrected chi connectivity index (χ1v) is 13.3. The monoisotopic (exact) mass is 512 g/mol. The molecule has 32 heavy (non-hydrogen) atoms. The molecule has 0 unspecified atom stereocenters. The highest BCUT2D eigenvalue weighted by molar-refractivity contribution is 8.29. The number of thioether (sulfide) groups is 2. The summed E-state index contributed by atoms with van der Waals surface area (Å²) < 4.78 is 0.316. The van der Waals surface area contributed by atoms with Gasteiger partial charge in [0.05, 0.1) is 0 Å². The Kier molecular flexibility index (Phi) is 7.53. The van der Waals surface area contributed by atoms with Crippen LogP contribution in [0.25, 0.3) is 0 Å². The normalized spacial score (nSPS) is 25.6. The Labute approximate surface area is 205 Å². The Morgan fingerprint density at radius 3 is 1.38 bits per heavy atom. The molecular formula is C20H24N4O4S4. The molecule has 8 nitrogen and oxygen atoms in total. The van der Waals surface area contributed by atoms with Crippen molar-refractivity contribution in [2.45, 2.75) is 64.2 Å². The van der Waals surface area contributed by atoms with E-state index in [0.29, 0.717) is 0 Å². The van der Waals surface area contributed by atoms with Crippen molar-refractivity contribution in [3.05, 3.63) is 9.81 Å². The second-order valence-electron chi connectivity index (χ2n) is 8.30. The molecule has 4 rings (SSSR count). The number of amides is 4. The summed E-state index contributed by atoms with van der Waals surface area (Å²) in [5.74, 6) is -1.83. The van der Waals surface area contributed by atoms with Crippen LogP contribution in [-0.2, 0) is 19.2 Å². The van der Waals surface area contributed by atoms with Gasteiger partial charge in [0.2, 0.25) is 11.8 Å². The van der Waals surface area contributed by atoms with E-state index in [1.165, 1.54) is 0 Å². The highest BCUT2D eigenvalue weighted by Gasteiger charge is 2.44. The zero-order valence-corrected chi connectivity index (χ0v) is 20.7. The van der Waals surface area contributed by atoms with Gasteiger partial charge in [0.1, 0.15) is 9.81 Å². The lowest BCUT2D eigenvalue weighted by atomic mass is 9.89. The van der Waals surface area contributed by atoms with Crippen LogP contribution in [0.4, 0.5) is 0 Å². The first-order valence-electron chi connectivity index (χ1n) is 10.8. The maximum Gasteiger partial charge on any atom is 0.286 e. The third-order valence-electron chi connectivity index (χ3n) is 6.14. The van der Waals surface area contributed by atoms with Gasteiger partial charge in [0, 0.05) is 11.8 Å². The molecule has 0 spiro atoms. The molecule has 2 aliphatic heterocycles. The van der Waals surface area contributed by atoms with Crippen molar-refractivity contribution in [1.29, 1.82) is 0 Å². The molecule has 0 atom stereocenters. The number of hydrogen-bond donors (Lipinski definition) is 2. The van der Waals surface area contributed by atoms with Crippen molar-refractivity contribution in [1.82, 2.24) is 20.9 Å². The lowest BCUT2D eigenvalue weighted by Crippen LogP contribution is -2.48. The summed E-state index contributed by atoms with van der Waals surface area (Å²) in [7, 11) is 0. The second-order valence-corrected chi connectivity index (χ2v) is 11.6. The average Bonchev–Trinajstić information content (AvgIpc) is 3.24. The highest BCUT2D eigenvalue weighted by Crippen LogP contribution is 2.41. The van der Waals surface area contributed by atoms with Crippen LogP contribution in [0.1, 0.15) is 64.2 Å². The van der Waals surface area contributed by atoms with E-state index in [0.717, 1.165) is 97.7 Å². The number of nitrogens with zero attached hydrogens (tertiary/aromatic N) is 2. The fraction of sp³-hybridized carbons (Fsp3) is 0.600. The number of carbonyl (C=O) groups is 4. The summed E-state index contributed by atoms with van der Waals surface area (Å²) in [6, 6.07) is 0. The first-order chi connectivity index (χ1) is 15.4. The van der Waals surface area contributed by atoms with Crippen molar-refractivity contribution in [3.8, 4) is 0 Å². The molecule has 0 aromatic carbocycles. The van der Waals surface area contributed by atoms with E-state index in [-0.39, 0.29) is 42.1 Å². The highest BCUT2D eigenvalue weighted by atomic mass is 32.2. The van der Waals surface area contributed by atoms with Gasteiger partial charge in [-0.25, -0.2) is 0 Å². The molecule has 2 saturated heterocycles. The minimum Gasteiger partial charge on any atom is -0.273 e. The number of hydrogen-bond acceptors (Lipinski definition) is 8. The van der Waals surface area contributed by atoms with Gasteiger partial charge >= 0.3 is 0 Å². The van der Waals surface area contributed by atoms with Crippen LogP contribution in [0.5, 0.6) is 0 Å². The summed E-state index contributed by atoms with van der Waals surface area (Å²) in [5, 5.41) is 2.08. The van der Waals surface area contributed by atoms with Crippen LogP contribution in [0.2, 0.25) is 0 Å². The average molecular weight is 513 g/mol. The number of hydrazine groups is 2. The van der Waals surface area contributed by atoms with E-state index >= 15 is 0 Å². The maximum absolute atomic E-state index is 13.0. The van der Waals surface area contributed by atoms with Gasteiger partial charge in [-0.3, -0.25) is 30.0 Å². The standard InChI is InChI=1S/C20H24N4O4S4/c25-15(11-7-3-1-4-8-11)21-23-17(27)13(31-19(23)29)14-18(28)24(20(30)32-14)22-16(26)12-9-5-2-6-10-12/h11-12H,1-10H2,(H,21,25)(H,22,26)/b14-13+.